The van der Waals surface area contributed by atoms with Crippen molar-refractivity contribution < 1.29 is 13.0 Å². The number of hydrogen-bond donors (Lipinski definition) is 3. The Balaban J connectivity index is 0.000000197. The third kappa shape index (κ3) is 5.20. The molecule has 0 atom stereocenters. The third-order valence-electron chi connectivity index (χ3n) is 4.52. The van der Waals surface area contributed by atoms with Gasteiger partial charge in [-0.1, -0.05) is 37.5 Å². The highest BCUT2D eigenvalue weighted by atomic mass is 32.2. The molecule has 9 heteroatoms. The van der Waals surface area contributed by atoms with Crippen molar-refractivity contribution in [1.29, 1.82) is 0 Å². The Morgan fingerprint density at radius 3 is 2.19 bits per heavy atom. The van der Waals surface area contributed by atoms with Crippen LogP contribution in [0.2, 0.25) is 0 Å². The molecule has 4 N–H and O–H groups in total. The summed E-state index contributed by atoms with van der Waals surface area (Å²) in [7, 11) is -2.15. The Hall–Kier alpha value is -2.10. The van der Waals surface area contributed by atoms with Crippen LogP contribution < -0.4 is 16.0 Å². The minimum absolute atomic E-state index is 0.0428. The van der Waals surface area contributed by atoms with Gasteiger partial charge in [0.1, 0.15) is 5.69 Å². The molecule has 26 heavy (non-hydrogen) atoms. The van der Waals surface area contributed by atoms with Gasteiger partial charge >= 0.3 is 10.3 Å². The fourth-order valence-electron chi connectivity index (χ4n) is 3.02. The maximum absolute atomic E-state index is 11.8. The van der Waals surface area contributed by atoms with Crippen molar-refractivity contribution >= 4 is 16.0 Å². The van der Waals surface area contributed by atoms with Crippen LogP contribution in [0.5, 0.6) is 0 Å². The molecule has 2 aromatic rings. The molecule has 0 radical (unpaired) electrons. The minimum atomic E-state index is -3.97. The predicted molar refractivity (Wildman–Crippen MR) is 102 cm³/mol. The van der Waals surface area contributed by atoms with Crippen molar-refractivity contribution in [2.45, 2.75) is 45.1 Å². The molecular weight excluding hydrogens is 356 g/mol. The first kappa shape index (κ1) is 20.2. The molecule has 0 bridgehead atoms. The van der Waals surface area contributed by atoms with Gasteiger partial charge in [-0.05, 0) is 31.9 Å². The number of anilines is 1. The van der Waals surface area contributed by atoms with E-state index < -0.39 is 10.3 Å². The summed E-state index contributed by atoms with van der Waals surface area (Å²) in [6.45, 7) is 1.83. The van der Waals surface area contributed by atoms with Crippen molar-refractivity contribution in [2.24, 2.45) is 7.05 Å². The summed E-state index contributed by atoms with van der Waals surface area (Å²) in [4.78, 5) is 11.8. The molecule has 0 saturated heterocycles. The Morgan fingerprint density at radius 1 is 1.15 bits per heavy atom. The molecule has 1 heterocycles. The molecule has 0 unspecified atom stereocenters. The molecule has 0 spiro atoms. The summed E-state index contributed by atoms with van der Waals surface area (Å²) in [5.74, 6) is 0. The number of nitrogens with one attached hydrogen (secondary N) is 1. The van der Waals surface area contributed by atoms with Crippen molar-refractivity contribution in [3.8, 4) is 5.69 Å². The summed E-state index contributed by atoms with van der Waals surface area (Å²) in [5, 5.41) is 0. The van der Waals surface area contributed by atoms with E-state index >= 15 is 0 Å². The van der Waals surface area contributed by atoms with Crippen LogP contribution in [0.4, 0.5) is 5.69 Å². The Bertz CT molecular complexity index is 881. The fraction of sp³-hybridized carbons (Fsp3) is 0.471. The molecule has 3 rings (SSSR count). The first-order chi connectivity index (χ1) is 12.2. The maximum atomic E-state index is 11.8. The maximum Gasteiger partial charge on any atom is 0.333 e. The molecule has 1 aliphatic carbocycles. The molecule has 0 aliphatic heterocycles. The van der Waals surface area contributed by atoms with Crippen LogP contribution in [0.25, 0.3) is 5.69 Å². The van der Waals surface area contributed by atoms with Crippen LogP contribution in [0.3, 0.4) is 0 Å². The van der Waals surface area contributed by atoms with Gasteiger partial charge in [-0.15, -0.1) is 0 Å². The quantitative estimate of drug-likeness (QED) is 0.699. The molecule has 144 valence electrons. The van der Waals surface area contributed by atoms with E-state index in [-0.39, 0.29) is 11.6 Å². The molecular formula is C17H26N4O4S. The van der Waals surface area contributed by atoms with Crippen molar-refractivity contribution in [3.63, 3.8) is 0 Å². The van der Waals surface area contributed by atoms with E-state index in [4.69, 9.17) is 10.3 Å². The second kappa shape index (κ2) is 8.52. The lowest BCUT2D eigenvalue weighted by Crippen LogP contribution is -2.35. The number of nitrogen functional groups attached to an aromatic ring is 1. The van der Waals surface area contributed by atoms with Crippen molar-refractivity contribution in [1.82, 2.24) is 14.1 Å². The van der Waals surface area contributed by atoms with Gasteiger partial charge in [0.15, 0.2) is 0 Å². The summed E-state index contributed by atoms with van der Waals surface area (Å²) >= 11 is 0. The third-order valence-corrected chi connectivity index (χ3v) is 5.15. The largest absolute Gasteiger partial charge is 0.393 e. The number of benzene rings is 1. The number of para-hydroxylation sites is 1. The lowest BCUT2D eigenvalue weighted by Gasteiger charge is -2.20. The molecule has 1 aromatic heterocycles. The molecule has 0 amide bonds. The number of nitrogens with zero attached hydrogens (tertiary/aromatic N) is 2. The zero-order valence-corrected chi connectivity index (χ0v) is 15.9. The molecule has 1 aliphatic rings. The summed E-state index contributed by atoms with van der Waals surface area (Å²) < 4.78 is 34.6. The predicted octanol–water partition coefficient (Wildman–Crippen LogP) is 1.78. The first-order valence-electron chi connectivity index (χ1n) is 8.55. The monoisotopic (exact) mass is 382 g/mol. The van der Waals surface area contributed by atoms with Crippen molar-refractivity contribution in [2.75, 3.05) is 5.73 Å². The van der Waals surface area contributed by atoms with Crippen LogP contribution in [0.15, 0.2) is 35.1 Å². The molecule has 1 saturated carbocycles. The van der Waals surface area contributed by atoms with E-state index in [1.807, 2.05) is 44.3 Å². The molecule has 1 aromatic carbocycles. The lowest BCUT2D eigenvalue weighted by molar-refractivity contribution is 0.389. The number of aromatic nitrogens is 2. The van der Waals surface area contributed by atoms with E-state index in [2.05, 4.69) is 4.72 Å². The van der Waals surface area contributed by atoms with Crippen LogP contribution in [-0.4, -0.2) is 28.4 Å². The van der Waals surface area contributed by atoms with Gasteiger partial charge in [-0.3, -0.25) is 14.0 Å². The van der Waals surface area contributed by atoms with E-state index in [0.717, 1.165) is 37.1 Å². The Kier molecular flexibility index (Phi) is 6.63. The fourth-order valence-corrected chi connectivity index (χ4v) is 3.68. The summed E-state index contributed by atoms with van der Waals surface area (Å²) in [6.07, 6.45) is 4.96. The smallest absolute Gasteiger partial charge is 0.333 e. The summed E-state index contributed by atoms with van der Waals surface area (Å²) in [6, 6.07) is 9.40. The second-order valence-corrected chi connectivity index (χ2v) is 7.59. The highest BCUT2D eigenvalue weighted by Gasteiger charge is 2.17. The Morgan fingerprint density at radius 2 is 1.73 bits per heavy atom. The van der Waals surface area contributed by atoms with E-state index in [1.54, 1.807) is 9.36 Å². The van der Waals surface area contributed by atoms with E-state index in [9.17, 15) is 13.2 Å². The minimum Gasteiger partial charge on any atom is -0.393 e. The van der Waals surface area contributed by atoms with Gasteiger partial charge in [-0.2, -0.15) is 13.1 Å². The van der Waals surface area contributed by atoms with Crippen LogP contribution in [0.1, 0.15) is 37.8 Å². The summed E-state index contributed by atoms with van der Waals surface area (Å²) in [5.41, 5.74) is 7.43. The number of nitrogens with two attached hydrogens (primary N) is 1. The zero-order valence-electron chi connectivity index (χ0n) is 15.1. The second-order valence-electron chi connectivity index (χ2n) is 6.40. The SMILES string of the molecule is Cc1c(N)c(=O)n(-c2ccccc2)n1C.O=S(=O)(O)NC1CCCCC1. The standard InChI is InChI=1S/C11H13N3O.C6H13NO3S/c1-8-10(12)11(15)14(13(8)2)9-6-4-3-5-7-9;8-11(9,10)7-6-4-2-1-3-5-6/h3-7H,12H2,1-2H3;6-7H,1-5H2,(H,8,9,10). The average molecular weight is 382 g/mol. The van der Waals surface area contributed by atoms with Gasteiger partial charge < -0.3 is 5.73 Å². The van der Waals surface area contributed by atoms with Crippen molar-refractivity contribution in [3.05, 3.63) is 46.4 Å². The highest BCUT2D eigenvalue weighted by molar-refractivity contribution is 7.83. The van der Waals surface area contributed by atoms with Crippen LogP contribution in [0, 0.1) is 6.92 Å². The number of rotatable bonds is 3. The van der Waals surface area contributed by atoms with Gasteiger partial charge in [0, 0.05) is 13.1 Å². The Labute approximate surface area is 153 Å². The van der Waals surface area contributed by atoms with Crippen LogP contribution >= 0.6 is 0 Å². The lowest BCUT2D eigenvalue weighted by atomic mass is 9.96. The van der Waals surface area contributed by atoms with Gasteiger partial charge in [0.2, 0.25) is 0 Å². The first-order valence-corrected chi connectivity index (χ1v) is 9.99. The number of hydrogen-bond acceptors (Lipinski definition) is 4. The topological polar surface area (TPSA) is 119 Å². The normalized spacial score (nSPS) is 15.3. The molecule has 8 nitrogen and oxygen atoms in total. The average Bonchev–Trinajstić information content (AvgIpc) is 2.79. The van der Waals surface area contributed by atoms with Crippen LogP contribution in [-0.2, 0) is 17.4 Å². The van der Waals surface area contributed by atoms with Gasteiger partial charge in [0.05, 0.1) is 11.4 Å². The van der Waals surface area contributed by atoms with E-state index in [1.165, 1.54) is 6.42 Å². The van der Waals surface area contributed by atoms with Gasteiger partial charge in [-0.25, -0.2) is 4.68 Å². The highest BCUT2D eigenvalue weighted by Crippen LogP contribution is 2.17. The molecule has 1 fully saturated rings. The zero-order chi connectivity index (χ0) is 19.3. The van der Waals surface area contributed by atoms with E-state index in [0.29, 0.717) is 5.69 Å². The van der Waals surface area contributed by atoms with Gasteiger partial charge in [0.25, 0.3) is 5.56 Å².